The maximum atomic E-state index is 14.0. The molecule has 49 heavy (non-hydrogen) atoms. The highest BCUT2D eigenvalue weighted by atomic mass is 16.5. The van der Waals surface area contributed by atoms with Gasteiger partial charge >= 0.3 is 0 Å². The Morgan fingerprint density at radius 2 is 1.12 bits per heavy atom. The van der Waals surface area contributed by atoms with Crippen molar-refractivity contribution in [3.8, 4) is 11.5 Å². The zero-order valence-electron chi connectivity index (χ0n) is 27.1. The zero-order valence-corrected chi connectivity index (χ0v) is 27.1. The lowest BCUT2D eigenvalue weighted by atomic mass is 9.83. The molecule has 0 N–H and O–H groups in total. The number of hydrogen-bond donors (Lipinski definition) is 0. The van der Waals surface area contributed by atoms with Crippen LogP contribution in [0.4, 0.5) is 0 Å². The molecule has 0 unspecified atom stereocenters. The van der Waals surface area contributed by atoms with Crippen LogP contribution in [0, 0.1) is 6.92 Å². The molecule has 8 heteroatoms. The Morgan fingerprint density at radius 3 is 1.65 bits per heavy atom. The Kier molecular flexibility index (Phi) is 7.03. The molecule has 0 spiro atoms. The van der Waals surface area contributed by atoms with Crippen molar-refractivity contribution in [2.75, 3.05) is 14.2 Å². The Balaban J connectivity index is 1.26. The molecule has 0 aliphatic carbocycles. The summed E-state index contributed by atoms with van der Waals surface area (Å²) < 4.78 is 10.5. The van der Waals surface area contributed by atoms with E-state index in [4.69, 9.17) is 9.47 Å². The van der Waals surface area contributed by atoms with Crippen molar-refractivity contribution in [3.05, 3.63) is 130 Å². The third-order valence-electron chi connectivity index (χ3n) is 9.69. The van der Waals surface area contributed by atoms with Gasteiger partial charge in [-0.15, -0.1) is 0 Å². The molecule has 0 radical (unpaired) electrons. The summed E-state index contributed by atoms with van der Waals surface area (Å²) in [6, 6.07) is 29.7. The van der Waals surface area contributed by atoms with E-state index in [1.165, 1.54) is 9.80 Å². The van der Waals surface area contributed by atoms with E-state index in [1.807, 2.05) is 73.7 Å². The lowest BCUT2D eigenvalue weighted by Gasteiger charge is -2.29. The van der Waals surface area contributed by atoms with Crippen LogP contribution in [0.5, 0.6) is 11.5 Å². The summed E-state index contributed by atoms with van der Waals surface area (Å²) in [4.78, 5) is 56.6. The van der Waals surface area contributed by atoms with Crippen molar-refractivity contribution in [1.29, 1.82) is 0 Å². The first kappa shape index (κ1) is 30.1. The molecule has 1 heterocycles. The molecule has 240 valence electrons. The Morgan fingerprint density at radius 1 is 0.633 bits per heavy atom. The maximum absolute atomic E-state index is 14.0. The van der Waals surface area contributed by atoms with Crippen LogP contribution < -0.4 is 9.47 Å². The number of fused-ring (bicyclic) bond motifs is 2. The van der Waals surface area contributed by atoms with Crippen LogP contribution in [0.15, 0.2) is 97.1 Å². The predicted molar refractivity (Wildman–Crippen MR) is 189 cm³/mol. The number of imide groups is 2. The molecule has 0 bridgehead atoms. The summed E-state index contributed by atoms with van der Waals surface area (Å²) in [7, 11) is 3.17. The Hall–Kier alpha value is -6.28. The molecule has 0 saturated carbocycles. The van der Waals surface area contributed by atoms with Crippen molar-refractivity contribution < 1.29 is 28.7 Å². The Bertz CT molecular complexity index is 2430. The molecule has 1 aliphatic rings. The van der Waals surface area contributed by atoms with Gasteiger partial charge in [0.15, 0.2) is 0 Å². The number of hydrogen-bond acceptors (Lipinski definition) is 6. The van der Waals surface area contributed by atoms with Crippen LogP contribution in [0.1, 0.15) is 47.8 Å². The molecule has 7 aromatic carbocycles. The van der Waals surface area contributed by atoms with Crippen molar-refractivity contribution >= 4 is 67.2 Å². The third kappa shape index (κ3) is 4.59. The number of carbonyl (C=O) groups is 4. The number of nitrogens with zero attached hydrogens (tertiary/aromatic N) is 2. The van der Waals surface area contributed by atoms with Crippen LogP contribution >= 0.6 is 0 Å². The van der Waals surface area contributed by atoms with Gasteiger partial charge in [0.1, 0.15) is 11.5 Å². The summed E-state index contributed by atoms with van der Waals surface area (Å²) in [5.74, 6) is 0.294. The highest BCUT2D eigenvalue weighted by Gasteiger charge is 2.34. The van der Waals surface area contributed by atoms with Gasteiger partial charge in [0, 0.05) is 22.1 Å². The minimum absolute atomic E-state index is 0.111. The Labute approximate surface area is 281 Å². The largest absolute Gasteiger partial charge is 0.497 e. The van der Waals surface area contributed by atoms with Crippen LogP contribution in [-0.4, -0.2) is 48.2 Å². The van der Waals surface area contributed by atoms with E-state index in [0.717, 1.165) is 54.4 Å². The fourth-order valence-corrected chi connectivity index (χ4v) is 7.27. The summed E-state index contributed by atoms with van der Waals surface area (Å²) in [6.07, 6.45) is 0.570. The first-order chi connectivity index (χ1) is 23.8. The number of carbonyl (C=O) groups excluding carboxylic acids is 4. The second kappa shape index (κ2) is 11.5. The average Bonchev–Trinajstić information content (AvgIpc) is 3.14. The van der Waals surface area contributed by atoms with E-state index in [9.17, 15) is 19.2 Å². The van der Waals surface area contributed by atoms with Crippen molar-refractivity contribution in [1.82, 2.24) is 9.80 Å². The topological polar surface area (TPSA) is 93.2 Å². The van der Waals surface area contributed by atoms with Gasteiger partial charge in [-0.05, 0) is 104 Å². The SMILES string of the molecule is COc1ccc(CN(C=O)C(=O)c2ccc3c4ccc5c6c(ccc(c7ccc(C)c2c73)c64)C(=O)N(Cc2ccc(OC)cc2)C5=O)cc1. The predicted octanol–water partition coefficient (Wildman–Crippen LogP) is 7.66. The van der Waals surface area contributed by atoms with Crippen LogP contribution in [-0.2, 0) is 17.9 Å². The molecule has 1 aliphatic heterocycles. The fraction of sp³-hybridized carbons (Fsp3) is 0.122. The van der Waals surface area contributed by atoms with E-state index in [-0.39, 0.29) is 24.9 Å². The average molecular weight is 647 g/mol. The van der Waals surface area contributed by atoms with Gasteiger partial charge < -0.3 is 9.47 Å². The van der Waals surface area contributed by atoms with E-state index < -0.39 is 5.91 Å². The number of amides is 4. The van der Waals surface area contributed by atoms with Crippen molar-refractivity contribution in [3.63, 3.8) is 0 Å². The standard InChI is InChI=1S/C41H30N2O6/c1-23-4-13-28-30-15-18-33-38-34(41(47)43(40(33)46)21-25-7-11-27(49-3)12-8-25)19-16-31(37(30)38)29-14-17-32(35(23)36(28)29)39(45)42(22-44)20-24-5-9-26(48-2)10-6-24/h4-19,22H,20-21H2,1-3H3. The molecular weight excluding hydrogens is 616 g/mol. The highest BCUT2D eigenvalue weighted by molar-refractivity contribution is 6.39. The molecule has 0 saturated heterocycles. The molecule has 4 amide bonds. The third-order valence-corrected chi connectivity index (χ3v) is 9.69. The molecule has 8 nitrogen and oxygen atoms in total. The quantitative estimate of drug-likeness (QED) is 0.0729. The summed E-state index contributed by atoms with van der Waals surface area (Å²) in [5.41, 5.74) is 3.88. The summed E-state index contributed by atoms with van der Waals surface area (Å²) in [5, 5.41) is 6.70. The number of methoxy groups -OCH3 is 2. The number of ether oxygens (including phenoxy) is 2. The minimum atomic E-state index is -0.401. The van der Waals surface area contributed by atoms with Gasteiger partial charge in [0.25, 0.3) is 17.7 Å². The van der Waals surface area contributed by atoms with Gasteiger partial charge in [-0.1, -0.05) is 54.6 Å². The van der Waals surface area contributed by atoms with Gasteiger partial charge in [-0.25, -0.2) is 0 Å². The number of benzene rings is 7. The van der Waals surface area contributed by atoms with E-state index in [0.29, 0.717) is 40.0 Å². The van der Waals surface area contributed by atoms with Crippen LogP contribution in [0.2, 0.25) is 0 Å². The minimum Gasteiger partial charge on any atom is -0.497 e. The summed E-state index contributed by atoms with van der Waals surface area (Å²) >= 11 is 0. The zero-order chi connectivity index (χ0) is 34.0. The second-order valence-electron chi connectivity index (χ2n) is 12.3. The van der Waals surface area contributed by atoms with Gasteiger partial charge in [-0.3, -0.25) is 29.0 Å². The molecule has 8 rings (SSSR count). The van der Waals surface area contributed by atoms with Gasteiger partial charge in [0.2, 0.25) is 6.41 Å². The van der Waals surface area contributed by atoms with Crippen LogP contribution in [0.25, 0.3) is 43.1 Å². The number of rotatable bonds is 8. The molecular formula is C41H30N2O6. The smallest absolute Gasteiger partial charge is 0.261 e. The fourth-order valence-electron chi connectivity index (χ4n) is 7.27. The molecule has 7 aromatic rings. The normalized spacial score (nSPS) is 12.8. The lowest BCUT2D eigenvalue weighted by Crippen LogP contribution is -2.39. The number of aryl methyl sites for hydroxylation is 1. The van der Waals surface area contributed by atoms with Gasteiger partial charge in [-0.2, -0.15) is 0 Å². The van der Waals surface area contributed by atoms with E-state index in [2.05, 4.69) is 0 Å². The van der Waals surface area contributed by atoms with E-state index >= 15 is 0 Å². The molecule has 0 aromatic heterocycles. The maximum Gasteiger partial charge on any atom is 0.261 e. The molecule has 0 atom stereocenters. The van der Waals surface area contributed by atoms with Crippen molar-refractivity contribution in [2.45, 2.75) is 20.0 Å². The molecule has 0 fully saturated rings. The highest BCUT2D eigenvalue weighted by Crippen LogP contribution is 2.45. The van der Waals surface area contributed by atoms with Gasteiger partial charge in [0.05, 0.1) is 27.3 Å². The van der Waals surface area contributed by atoms with Crippen LogP contribution in [0.3, 0.4) is 0 Å². The van der Waals surface area contributed by atoms with E-state index in [1.54, 1.807) is 44.6 Å². The lowest BCUT2D eigenvalue weighted by molar-refractivity contribution is -0.116. The monoisotopic (exact) mass is 646 g/mol. The first-order valence-corrected chi connectivity index (χ1v) is 15.9. The second-order valence-corrected chi connectivity index (χ2v) is 12.3. The first-order valence-electron chi connectivity index (χ1n) is 15.9. The van der Waals surface area contributed by atoms with Crippen molar-refractivity contribution in [2.24, 2.45) is 0 Å². The summed E-state index contributed by atoms with van der Waals surface area (Å²) in [6.45, 7) is 2.21.